The summed E-state index contributed by atoms with van der Waals surface area (Å²) in [6.07, 6.45) is 2.24. The van der Waals surface area contributed by atoms with Crippen molar-refractivity contribution in [2.24, 2.45) is 0 Å². The van der Waals surface area contributed by atoms with Gasteiger partial charge >= 0.3 is 6.03 Å². The third-order valence-corrected chi connectivity index (χ3v) is 6.25. The smallest absolute Gasteiger partial charge is 0.322 e. The Balaban J connectivity index is 0.000000861. The van der Waals surface area contributed by atoms with E-state index in [-0.39, 0.29) is 29.4 Å². The molecule has 0 fully saturated rings. The highest BCUT2D eigenvalue weighted by Gasteiger charge is 2.35. The molecule has 2 aliphatic rings. The van der Waals surface area contributed by atoms with E-state index in [1.807, 2.05) is 33.8 Å². The molecule has 9 nitrogen and oxygen atoms in total. The van der Waals surface area contributed by atoms with E-state index in [4.69, 9.17) is 16.7 Å². The van der Waals surface area contributed by atoms with E-state index in [9.17, 15) is 14.0 Å². The van der Waals surface area contributed by atoms with Crippen LogP contribution in [0.1, 0.15) is 61.1 Å². The molecule has 0 spiro atoms. The molecular weight excluding hydrogens is 485 g/mol. The number of hydrogen-bond acceptors (Lipinski definition) is 4. The van der Waals surface area contributed by atoms with E-state index in [1.165, 1.54) is 18.2 Å². The van der Waals surface area contributed by atoms with Crippen molar-refractivity contribution in [2.75, 3.05) is 25.5 Å². The highest BCUT2D eigenvalue weighted by Crippen LogP contribution is 2.29. The molecule has 3 amide bonds. The van der Waals surface area contributed by atoms with E-state index in [1.54, 1.807) is 27.7 Å². The Hall–Kier alpha value is -3.40. The number of halogens is 2. The van der Waals surface area contributed by atoms with E-state index >= 15 is 0 Å². The van der Waals surface area contributed by atoms with Crippen LogP contribution in [0.3, 0.4) is 0 Å². The Bertz CT molecular complexity index is 1200. The summed E-state index contributed by atoms with van der Waals surface area (Å²) in [5.41, 5.74) is 3.47. The second-order valence-corrected chi connectivity index (χ2v) is 8.49. The number of hydrogen-bond donors (Lipinski definition) is 2. The second kappa shape index (κ2) is 12.0. The van der Waals surface area contributed by atoms with Gasteiger partial charge in [0.15, 0.2) is 0 Å². The van der Waals surface area contributed by atoms with Crippen LogP contribution in [0.15, 0.2) is 30.5 Å². The number of carbonyl (C=O) groups excluding carboxylic acids is 2. The van der Waals surface area contributed by atoms with Crippen LogP contribution in [0.2, 0.25) is 5.02 Å². The standard InChI is InChI=1S/C21H21ClFN7O2.2C2H6/c1-28-9-12(17-4-6-24-26-17)10-30-19(20(28)31)14-11-29(7-5-18(14)27-30)21(32)25-13-2-3-16(23)15(22)8-13;2*1-2/h2-4,6,8,12H,5,7,9-11H2,1H3,(H,24,26)(H,25,32);2*1-2H3. The molecule has 2 N–H and O–H groups in total. The summed E-state index contributed by atoms with van der Waals surface area (Å²) in [4.78, 5) is 29.3. The molecule has 0 saturated carbocycles. The van der Waals surface area contributed by atoms with Gasteiger partial charge < -0.3 is 15.1 Å². The molecule has 1 unspecified atom stereocenters. The lowest BCUT2D eigenvalue weighted by Gasteiger charge is -2.27. The quantitative estimate of drug-likeness (QED) is 0.504. The van der Waals surface area contributed by atoms with Crippen molar-refractivity contribution in [3.63, 3.8) is 0 Å². The highest BCUT2D eigenvalue weighted by atomic mass is 35.5. The van der Waals surface area contributed by atoms with Gasteiger partial charge in [-0.3, -0.25) is 14.6 Å². The Morgan fingerprint density at radius 1 is 1.19 bits per heavy atom. The molecule has 1 atom stereocenters. The van der Waals surface area contributed by atoms with E-state index < -0.39 is 5.82 Å². The first-order valence-electron chi connectivity index (χ1n) is 12.2. The van der Waals surface area contributed by atoms with Crippen LogP contribution in [0.25, 0.3) is 0 Å². The van der Waals surface area contributed by atoms with Gasteiger partial charge in [0.1, 0.15) is 11.5 Å². The molecule has 3 aromatic rings. The normalized spacial score (nSPS) is 16.5. The number of urea groups is 1. The number of aromatic nitrogens is 4. The van der Waals surface area contributed by atoms with Gasteiger partial charge in [-0.2, -0.15) is 10.2 Å². The molecule has 0 radical (unpaired) electrons. The molecule has 11 heteroatoms. The number of nitrogens with one attached hydrogen (secondary N) is 2. The van der Waals surface area contributed by atoms with Crippen molar-refractivity contribution >= 4 is 29.2 Å². The summed E-state index contributed by atoms with van der Waals surface area (Å²) >= 11 is 5.81. The fourth-order valence-electron chi connectivity index (χ4n) is 4.30. The van der Waals surface area contributed by atoms with E-state index in [0.717, 1.165) is 17.0 Å². The van der Waals surface area contributed by atoms with Crippen LogP contribution < -0.4 is 5.32 Å². The predicted octanol–water partition coefficient (Wildman–Crippen LogP) is 4.91. The third kappa shape index (κ3) is 5.53. The van der Waals surface area contributed by atoms with E-state index in [2.05, 4.69) is 15.5 Å². The van der Waals surface area contributed by atoms with Crippen molar-refractivity contribution in [1.29, 1.82) is 0 Å². The summed E-state index contributed by atoms with van der Waals surface area (Å²) in [6, 6.07) is 5.58. The molecule has 0 bridgehead atoms. The maximum Gasteiger partial charge on any atom is 0.322 e. The fourth-order valence-corrected chi connectivity index (χ4v) is 4.48. The summed E-state index contributed by atoms with van der Waals surface area (Å²) in [5, 5.41) is 14.4. The molecule has 36 heavy (non-hydrogen) atoms. The third-order valence-electron chi connectivity index (χ3n) is 5.96. The van der Waals surface area contributed by atoms with Crippen molar-refractivity contribution in [1.82, 2.24) is 29.8 Å². The average Bonchev–Trinajstić information content (AvgIpc) is 3.53. The number of aromatic amines is 1. The van der Waals surface area contributed by atoms with Gasteiger partial charge in [0.2, 0.25) is 0 Å². The lowest BCUT2D eigenvalue weighted by molar-refractivity contribution is 0.0788. The maximum absolute atomic E-state index is 13.4. The minimum atomic E-state index is -0.550. The van der Waals surface area contributed by atoms with Crippen LogP contribution in [0.4, 0.5) is 14.9 Å². The Morgan fingerprint density at radius 2 is 1.94 bits per heavy atom. The number of benzene rings is 1. The largest absolute Gasteiger partial charge is 0.340 e. The van der Waals surface area contributed by atoms with Crippen molar-refractivity contribution in [3.8, 4) is 0 Å². The fraction of sp³-hybridized carbons (Fsp3) is 0.440. The topological polar surface area (TPSA) is 99.2 Å². The van der Waals surface area contributed by atoms with Gasteiger partial charge in [-0.05, 0) is 24.3 Å². The van der Waals surface area contributed by atoms with Gasteiger partial charge in [0.25, 0.3) is 5.91 Å². The molecule has 2 aromatic heterocycles. The minimum absolute atomic E-state index is 0.0386. The van der Waals surface area contributed by atoms with Crippen LogP contribution in [-0.4, -0.2) is 61.9 Å². The molecule has 194 valence electrons. The van der Waals surface area contributed by atoms with Crippen LogP contribution in [-0.2, 0) is 19.5 Å². The van der Waals surface area contributed by atoms with Crippen molar-refractivity contribution < 1.29 is 14.0 Å². The molecule has 1 aromatic carbocycles. The van der Waals surface area contributed by atoms with Crippen molar-refractivity contribution in [2.45, 2.75) is 53.1 Å². The Kier molecular flexibility index (Phi) is 9.08. The number of amides is 3. The zero-order chi connectivity index (χ0) is 26.4. The van der Waals surface area contributed by atoms with Gasteiger partial charge in [-0.25, -0.2) is 9.18 Å². The number of nitrogens with zero attached hydrogens (tertiary/aromatic N) is 5. The van der Waals surface area contributed by atoms with Crippen LogP contribution in [0.5, 0.6) is 0 Å². The maximum atomic E-state index is 13.4. The van der Waals surface area contributed by atoms with Gasteiger partial charge in [-0.1, -0.05) is 39.3 Å². The predicted molar refractivity (Wildman–Crippen MR) is 138 cm³/mol. The molecule has 2 aliphatic heterocycles. The monoisotopic (exact) mass is 517 g/mol. The summed E-state index contributed by atoms with van der Waals surface area (Å²) < 4.78 is 15.2. The summed E-state index contributed by atoms with van der Waals surface area (Å²) in [7, 11) is 1.77. The first kappa shape index (κ1) is 27.2. The lowest BCUT2D eigenvalue weighted by Crippen LogP contribution is -2.39. The first-order chi connectivity index (χ1) is 17.4. The molecular formula is C25H33ClFN7O2. The number of likely N-dealkylation sites (N-methyl/N-ethyl adjacent to an activating group) is 1. The summed E-state index contributed by atoms with van der Waals surface area (Å²) in [5.74, 6) is -0.629. The van der Waals surface area contributed by atoms with Crippen LogP contribution in [0, 0.1) is 5.82 Å². The average molecular weight is 518 g/mol. The first-order valence-corrected chi connectivity index (χ1v) is 12.6. The molecule has 0 aliphatic carbocycles. The number of H-pyrrole nitrogens is 1. The second-order valence-electron chi connectivity index (χ2n) is 8.08. The Labute approximate surface area is 215 Å². The SMILES string of the molecule is CC.CC.CN1CC(c2ccn[nH]2)Cn2nc3c(c2C1=O)CN(C(=O)Nc1ccc(F)c(Cl)c1)CC3. The zero-order valence-electron chi connectivity index (χ0n) is 21.3. The molecule has 5 rings (SSSR count). The number of anilines is 1. The number of carbonyl (C=O) groups is 2. The zero-order valence-corrected chi connectivity index (χ0v) is 22.1. The summed E-state index contributed by atoms with van der Waals surface area (Å²) in [6.45, 7) is 9.80. The number of rotatable bonds is 2. The molecule has 0 saturated heterocycles. The lowest BCUT2D eigenvalue weighted by atomic mass is 10.0. The highest BCUT2D eigenvalue weighted by molar-refractivity contribution is 6.31. The molecule has 4 heterocycles. The van der Waals surface area contributed by atoms with Crippen LogP contribution >= 0.6 is 11.6 Å². The minimum Gasteiger partial charge on any atom is -0.340 e. The van der Waals surface area contributed by atoms with Gasteiger partial charge in [0, 0.05) is 55.6 Å². The van der Waals surface area contributed by atoms with Crippen molar-refractivity contribution in [3.05, 3.63) is 63.9 Å². The van der Waals surface area contributed by atoms with Gasteiger partial charge in [-0.15, -0.1) is 0 Å². The number of fused-ring (bicyclic) bond motifs is 3. The van der Waals surface area contributed by atoms with Gasteiger partial charge in [0.05, 0.1) is 23.8 Å². The van der Waals surface area contributed by atoms with E-state index in [0.29, 0.717) is 37.4 Å². The Morgan fingerprint density at radius 3 is 2.61 bits per heavy atom.